The molecule has 24 heavy (non-hydrogen) atoms. The highest BCUT2D eigenvalue weighted by Crippen LogP contribution is 2.73. The summed E-state index contributed by atoms with van der Waals surface area (Å²) in [5.74, 6) is 0.329. The van der Waals surface area contributed by atoms with Gasteiger partial charge in [-0.05, 0) is 31.2 Å². The maximum Gasteiger partial charge on any atom is 0.309 e. The molecule has 6 unspecified atom stereocenters. The van der Waals surface area contributed by atoms with Crippen LogP contribution in [0, 0.1) is 24.2 Å². The maximum atomic E-state index is 12.3. The molecule has 2 fully saturated rings. The molecule has 1 spiro atoms. The van der Waals surface area contributed by atoms with Crippen LogP contribution >= 0.6 is 0 Å². The molecule has 1 aromatic heterocycles. The van der Waals surface area contributed by atoms with Crippen LogP contribution in [0.1, 0.15) is 69.6 Å². The smallest absolute Gasteiger partial charge is 0.309 e. The fourth-order valence-electron chi connectivity index (χ4n) is 4.95. The highest BCUT2D eigenvalue weighted by Gasteiger charge is 2.80. The summed E-state index contributed by atoms with van der Waals surface area (Å²) < 4.78 is 17.8. The van der Waals surface area contributed by atoms with Crippen molar-refractivity contribution in [2.24, 2.45) is 17.3 Å². The fraction of sp³-hybridized carbons (Fsp3) is 0.737. The second-order valence-electron chi connectivity index (χ2n) is 8.23. The van der Waals surface area contributed by atoms with E-state index in [2.05, 4.69) is 13.8 Å². The van der Waals surface area contributed by atoms with Crippen molar-refractivity contribution in [3.8, 4) is 0 Å². The van der Waals surface area contributed by atoms with Gasteiger partial charge in [0.05, 0.1) is 24.4 Å². The molecule has 1 aromatic rings. The minimum absolute atomic E-state index is 0.0110. The molecule has 0 aromatic carbocycles. The zero-order chi connectivity index (χ0) is 17.4. The van der Waals surface area contributed by atoms with Crippen LogP contribution in [0.5, 0.6) is 0 Å². The molecule has 4 rings (SSSR count). The minimum Gasteiger partial charge on any atom is -0.465 e. The molecule has 0 amide bonds. The molecular formula is C19H26O5. The van der Waals surface area contributed by atoms with Crippen LogP contribution < -0.4 is 0 Å². The number of epoxide rings is 1. The van der Waals surface area contributed by atoms with Crippen molar-refractivity contribution >= 4 is 5.97 Å². The molecule has 6 atom stereocenters. The minimum atomic E-state index is -0.680. The average molecular weight is 334 g/mol. The van der Waals surface area contributed by atoms with Gasteiger partial charge in [0, 0.05) is 11.0 Å². The second-order valence-corrected chi connectivity index (χ2v) is 8.23. The van der Waals surface area contributed by atoms with E-state index in [1.807, 2.05) is 20.8 Å². The van der Waals surface area contributed by atoms with Gasteiger partial charge in [-0.1, -0.05) is 27.7 Å². The summed E-state index contributed by atoms with van der Waals surface area (Å²) in [4.78, 5) is 12.3. The Bertz CT molecular complexity index is 692. The summed E-state index contributed by atoms with van der Waals surface area (Å²) in [5, 5.41) is 11.2. The van der Waals surface area contributed by atoms with Gasteiger partial charge in [0.1, 0.15) is 5.60 Å². The summed E-state index contributed by atoms with van der Waals surface area (Å²) in [7, 11) is 0. The summed E-state index contributed by atoms with van der Waals surface area (Å²) in [6.07, 6.45) is 2.31. The lowest BCUT2D eigenvalue weighted by Gasteiger charge is -2.52. The normalized spacial score (nSPS) is 43.0. The largest absolute Gasteiger partial charge is 0.465 e. The topological polar surface area (TPSA) is 72.2 Å². The number of carbonyl (C=O) groups excluding carboxylic acids is 1. The van der Waals surface area contributed by atoms with E-state index in [1.54, 1.807) is 6.26 Å². The Morgan fingerprint density at radius 1 is 1.42 bits per heavy atom. The van der Waals surface area contributed by atoms with E-state index in [0.29, 0.717) is 5.76 Å². The number of hydrogen-bond acceptors (Lipinski definition) is 5. The van der Waals surface area contributed by atoms with Crippen molar-refractivity contribution in [3.63, 3.8) is 0 Å². The average Bonchev–Trinajstić information content (AvgIpc) is 3.16. The first-order valence-corrected chi connectivity index (χ1v) is 8.89. The van der Waals surface area contributed by atoms with E-state index in [4.69, 9.17) is 13.9 Å². The summed E-state index contributed by atoms with van der Waals surface area (Å²) in [6, 6.07) is 0. The van der Waals surface area contributed by atoms with Crippen molar-refractivity contribution in [3.05, 3.63) is 23.2 Å². The van der Waals surface area contributed by atoms with E-state index in [9.17, 15) is 9.90 Å². The van der Waals surface area contributed by atoms with Gasteiger partial charge in [-0.25, -0.2) is 0 Å². The van der Waals surface area contributed by atoms with E-state index in [0.717, 1.165) is 24.0 Å². The molecule has 132 valence electrons. The molecule has 3 aliphatic rings. The number of hydrogen-bond donors (Lipinski definition) is 1. The number of esters is 1. The SMILES string of the molecule is Cc1coc2c1C(O)C1(C)C(C)CCC3OC31C2OC(=O)C(C)C. The molecule has 5 heteroatoms. The number of rotatable bonds is 2. The van der Waals surface area contributed by atoms with Gasteiger partial charge in [-0.15, -0.1) is 0 Å². The van der Waals surface area contributed by atoms with Crippen molar-refractivity contribution in [2.75, 3.05) is 0 Å². The first kappa shape index (κ1) is 16.2. The first-order chi connectivity index (χ1) is 11.2. The maximum absolute atomic E-state index is 12.3. The van der Waals surface area contributed by atoms with Crippen LogP contribution in [0.25, 0.3) is 0 Å². The Morgan fingerprint density at radius 2 is 2.12 bits per heavy atom. The van der Waals surface area contributed by atoms with Crippen molar-refractivity contribution in [2.45, 2.75) is 71.4 Å². The van der Waals surface area contributed by atoms with E-state index in [-0.39, 0.29) is 23.9 Å². The Hall–Kier alpha value is -1.33. The summed E-state index contributed by atoms with van der Waals surface area (Å²) >= 11 is 0. The second kappa shape index (κ2) is 4.85. The number of aliphatic hydroxyl groups is 1. The standard InChI is InChI=1S/C19H26O5/c1-9(2)17(21)23-16-14-13(10(3)8-22-14)15(20)18(5)11(4)6-7-12-19(16,18)24-12/h8-9,11-12,15-16,20H,6-7H2,1-5H3. The van der Waals surface area contributed by atoms with E-state index in [1.165, 1.54) is 0 Å². The lowest BCUT2D eigenvalue weighted by atomic mass is 9.53. The van der Waals surface area contributed by atoms with Crippen LogP contribution in [0.3, 0.4) is 0 Å². The number of furan rings is 1. The zero-order valence-corrected chi connectivity index (χ0v) is 15.0. The lowest BCUT2D eigenvalue weighted by molar-refractivity contribution is -0.179. The summed E-state index contributed by atoms with van der Waals surface area (Å²) in [5.41, 5.74) is 0.493. The molecule has 0 bridgehead atoms. The summed E-state index contributed by atoms with van der Waals surface area (Å²) in [6.45, 7) is 9.80. The third kappa shape index (κ3) is 1.70. The molecule has 1 aliphatic heterocycles. The van der Waals surface area contributed by atoms with Crippen molar-refractivity contribution in [1.82, 2.24) is 0 Å². The quantitative estimate of drug-likeness (QED) is 0.662. The van der Waals surface area contributed by atoms with Gasteiger partial charge in [-0.2, -0.15) is 0 Å². The Kier molecular flexibility index (Phi) is 3.27. The highest BCUT2D eigenvalue weighted by atomic mass is 16.7. The van der Waals surface area contributed by atoms with E-state index < -0.39 is 23.2 Å². The Morgan fingerprint density at radius 3 is 2.79 bits per heavy atom. The van der Waals surface area contributed by atoms with Gasteiger partial charge in [0.2, 0.25) is 0 Å². The van der Waals surface area contributed by atoms with E-state index >= 15 is 0 Å². The van der Waals surface area contributed by atoms with Gasteiger partial charge < -0.3 is 19.0 Å². The van der Waals surface area contributed by atoms with Crippen LogP contribution in [0.2, 0.25) is 0 Å². The number of aryl methyl sites for hydroxylation is 1. The number of aliphatic hydroxyl groups excluding tert-OH is 1. The van der Waals surface area contributed by atoms with Crippen LogP contribution in [0.4, 0.5) is 0 Å². The number of carbonyl (C=O) groups is 1. The van der Waals surface area contributed by atoms with Gasteiger partial charge in [0.15, 0.2) is 11.9 Å². The molecule has 1 N–H and O–H groups in total. The molecule has 5 nitrogen and oxygen atoms in total. The monoisotopic (exact) mass is 334 g/mol. The fourth-order valence-corrected chi connectivity index (χ4v) is 4.95. The first-order valence-electron chi connectivity index (χ1n) is 8.89. The Balaban J connectivity index is 1.88. The van der Waals surface area contributed by atoms with Crippen molar-refractivity contribution < 1.29 is 23.8 Å². The molecule has 2 heterocycles. The predicted octanol–water partition coefficient (Wildman–Crippen LogP) is 3.45. The molecule has 1 saturated heterocycles. The molecule has 1 saturated carbocycles. The van der Waals surface area contributed by atoms with Gasteiger partial charge in [0.25, 0.3) is 0 Å². The molecule has 2 aliphatic carbocycles. The Labute approximate surface area is 142 Å². The number of ether oxygens (including phenoxy) is 2. The third-order valence-electron chi connectivity index (χ3n) is 6.71. The zero-order valence-electron chi connectivity index (χ0n) is 15.0. The molecular weight excluding hydrogens is 308 g/mol. The van der Waals surface area contributed by atoms with Crippen LogP contribution in [-0.2, 0) is 14.3 Å². The van der Waals surface area contributed by atoms with Crippen LogP contribution in [-0.4, -0.2) is 22.8 Å². The van der Waals surface area contributed by atoms with Gasteiger partial charge >= 0.3 is 5.97 Å². The lowest BCUT2D eigenvalue weighted by Crippen LogP contribution is -2.56. The van der Waals surface area contributed by atoms with Crippen molar-refractivity contribution in [1.29, 1.82) is 0 Å². The third-order valence-corrected chi connectivity index (χ3v) is 6.71. The van der Waals surface area contributed by atoms with Crippen LogP contribution in [0.15, 0.2) is 10.7 Å². The predicted molar refractivity (Wildman–Crippen MR) is 86.2 cm³/mol. The van der Waals surface area contributed by atoms with Gasteiger partial charge in [-0.3, -0.25) is 4.79 Å². The molecule has 0 radical (unpaired) electrons. The highest BCUT2D eigenvalue weighted by molar-refractivity contribution is 5.72. The number of fused-ring (bicyclic) bond motifs is 1.